The van der Waals surface area contributed by atoms with Gasteiger partial charge < -0.3 is 11.1 Å². The first kappa shape index (κ1) is 14.6. The normalized spacial score (nSPS) is 27.0. The molecule has 0 bridgehead atoms. The Balaban J connectivity index is 1.44. The van der Waals surface area contributed by atoms with Crippen molar-refractivity contribution >= 4 is 5.91 Å². The van der Waals surface area contributed by atoms with Crippen LogP contribution in [0.2, 0.25) is 0 Å². The third kappa shape index (κ3) is 3.64. The molecule has 1 heterocycles. The van der Waals surface area contributed by atoms with Crippen LogP contribution in [0, 0.1) is 5.92 Å². The fourth-order valence-electron chi connectivity index (χ4n) is 3.67. The van der Waals surface area contributed by atoms with Gasteiger partial charge in [0.15, 0.2) is 0 Å². The minimum absolute atomic E-state index is 0.0876. The van der Waals surface area contributed by atoms with Crippen molar-refractivity contribution in [2.75, 3.05) is 0 Å². The van der Waals surface area contributed by atoms with Crippen LogP contribution in [0.5, 0.6) is 0 Å². The molecule has 3 N–H and O–H groups in total. The van der Waals surface area contributed by atoms with Crippen molar-refractivity contribution in [3.8, 4) is 0 Å². The first-order valence-corrected chi connectivity index (χ1v) is 8.29. The number of nitrogens with zero attached hydrogens (tertiary/aromatic N) is 2. The number of carbonyl (C=O) groups excluding carboxylic acids is 1. The summed E-state index contributed by atoms with van der Waals surface area (Å²) in [6.07, 6.45) is 11.2. The molecule has 2 saturated carbocycles. The van der Waals surface area contributed by atoms with Gasteiger partial charge in [0.05, 0.1) is 11.7 Å². The first-order valence-electron chi connectivity index (χ1n) is 8.29. The summed E-state index contributed by atoms with van der Waals surface area (Å²) >= 11 is 0. The molecule has 0 unspecified atom stereocenters. The van der Waals surface area contributed by atoms with Gasteiger partial charge in [0.25, 0.3) is 0 Å². The van der Waals surface area contributed by atoms with Gasteiger partial charge >= 0.3 is 0 Å². The third-order valence-corrected chi connectivity index (χ3v) is 5.06. The Bertz CT molecular complexity index is 470. The predicted octanol–water partition coefficient (Wildman–Crippen LogP) is 2.13. The third-order valence-electron chi connectivity index (χ3n) is 5.06. The minimum Gasteiger partial charge on any atom is -0.369 e. The van der Waals surface area contributed by atoms with E-state index >= 15 is 0 Å². The maximum Gasteiger partial charge on any atom is 0.220 e. The van der Waals surface area contributed by atoms with Crippen molar-refractivity contribution in [1.82, 2.24) is 15.1 Å². The Morgan fingerprint density at radius 1 is 1.24 bits per heavy atom. The summed E-state index contributed by atoms with van der Waals surface area (Å²) in [6, 6.07) is 3.24. The number of primary amides is 1. The van der Waals surface area contributed by atoms with E-state index in [-0.39, 0.29) is 11.8 Å². The molecular weight excluding hydrogens is 264 g/mol. The SMILES string of the molecule is NC(=O)C1CCC(NCc2ccn(C3CCCC3)n2)CC1. The summed E-state index contributed by atoms with van der Waals surface area (Å²) in [6.45, 7) is 0.825. The maximum atomic E-state index is 11.2. The van der Waals surface area contributed by atoms with Crippen molar-refractivity contribution in [2.45, 2.75) is 70.0 Å². The second-order valence-corrected chi connectivity index (χ2v) is 6.56. The molecule has 0 spiro atoms. The molecule has 1 aromatic rings. The zero-order chi connectivity index (χ0) is 14.7. The molecule has 2 fully saturated rings. The topological polar surface area (TPSA) is 72.9 Å². The second-order valence-electron chi connectivity index (χ2n) is 6.56. The quantitative estimate of drug-likeness (QED) is 0.872. The zero-order valence-electron chi connectivity index (χ0n) is 12.6. The monoisotopic (exact) mass is 290 g/mol. The Labute approximate surface area is 126 Å². The molecular formula is C16H26N4O. The van der Waals surface area contributed by atoms with Crippen LogP contribution in [-0.2, 0) is 11.3 Å². The smallest absolute Gasteiger partial charge is 0.220 e. The number of nitrogens with one attached hydrogen (secondary N) is 1. The lowest BCUT2D eigenvalue weighted by Gasteiger charge is -2.27. The van der Waals surface area contributed by atoms with Crippen LogP contribution < -0.4 is 11.1 Å². The lowest BCUT2D eigenvalue weighted by molar-refractivity contribution is -0.122. The van der Waals surface area contributed by atoms with Gasteiger partial charge in [-0.1, -0.05) is 12.8 Å². The van der Waals surface area contributed by atoms with E-state index in [1.807, 2.05) is 0 Å². The van der Waals surface area contributed by atoms with E-state index in [1.54, 1.807) is 0 Å². The standard InChI is InChI=1S/C16H26N4O/c17-16(21)12-5-7-13(8-6-12)18-11-14-9-10-20(19-14)15-3-1-2-4-15/h9-10,12-13,15,18H,1-8,11H2,(H2,17,21). The molecule has 1 aromatic heterocycles. The highest BCUT2D eigenvalue weighted by atomic mass is 16.1. The van der Waals surface area contributed by atoms with E-state index in [0.29, 0.717) is 12.1 Å². The van der Waals surface area contributed by atoms with Crippen LogP contribution >= 0.6 is 0 Å². The average Bonchev–Trinajstić information content (AvgIpc) is 3.16. The van der Waals surface area contributed by atoms with Gasteiger partial charge in [-0.3, -0.25) is 9.48 Å². The Kier molecular flexibility index (Phi) is 4.58. The summed E-state index contributed by atoms with van der Waals surface area (Å²) < 4.78 is 2.15. The fourth-order valence-corrected chi connectivity index (χ4v) is 3.67. The number of hydrogen-bond acceptors (Lipinski definition) is 3. The van der Waals surface area contributed by atoms with Gasteiger partial charge in [-0.15, -0.1) is 0 Å². The molecule has 2 aliphatic carbocycles. The average molecular weight is 290 g/mol. The number of hydrogen-bond donors (Lipinski definition) is 2. The summed E-state index contributed by atoms with van der Waals surface area (Å²) in [5.41, 5.74) is 6.49. The Morgan fingerprint density at radius 3 is 2.62 bits per heavy atom. The lowest BCUT2D eigenvalue weighted by Crippen LogP contribution is -2.36. The minimum atomic E-state index is -0.135. The maximum absolute atomic E-state index is 11.2. The van der Waals surface area contributed by atoms with E-state index in [1.165, 1.54) is 25.7 Å². The molecule has 1 amide bonds. The molecule has 3 rings (SSSR count). The number of carbonyl (C=O) groups is 1. The molecule has 21 heavy (non-hydrogen) atoms. The van der Waals surface area contributed by atoms with E-state index in [9.17, 15) is 4.79 Å². The van der Waals surface area contributed by atoms with Crippen molar-refractivity contribution in [2.24, 2.45) is 11.7 Å². The van der Waals surface area contributed by atoms with Crippen molar-refractivity contribution in [3.63, 3.8) is 0 Å². The van der Waals surface area contributed by atoms with Gasteiger partial charge in [-0.2, -0.15) is 5.10 Å². The highest BCUT2D eigenvalue weighted by Gasteiger charge is 2.24. The molecule has 0 aliphatic heterocycles. The van der Waals surface area contributed by atoms with E-state index in [4.69, 9.17) is 10.8 Å². The molecule has 0 atom stereocenters. The second kappa shape index (κ2) is 6.60. The molecule has 5 heteroatoms. The highest BCUT2D eigenvalue weighted by molar-refractivity contribution is 5.76. The number of amides is 1. The molecule has 2 aliphatic rings. The first-order chi connectivity index (χ1) is 10.2. The number of rotatable bonds is 5. The molecule has 0 saturated heterocycles. The van der Waals surface area contributed by atoms with Gasteiger partial charge in [0, 0.05) is 24.7 Å². The summed E-state index contributed by atoms with van der Waals surface area (Å²) in [5.74, 6) is -0.0478. The Hall–Kier alpha value is -1.36. The highest BCUT2D eigenvalue weighted by Crippen LogP contribution is 2.28. The van der Waals surface area contributed by atoms with Crippen molar-refractivity contribution < 1.29 is 4.79 Å². The summed E-state index contributed by atoms with van der Waals surface area (Å²) in [5, 5.41) is 8.27. The molecule has 0 aromatic carbocycles. The Morgan fingerprint density at radius 2 is 1.95 bits per heavy atom. The lowest BCUT2D eigenvalue weighted by atomic mass is 9.85. The van der Waals surface area contributed by atoms with Gasteiger partial charge in [-0.25, -0.2) is 0 Å². The van der Waals surface area contributed by atoms with Crippen LogP contribution in [0.15, 0.2) is 12.3 Å². The van der Waals surface area contributed by atoms with Crippen LogP contribution in [0.25, 0.3) is 0 Å². The van der Waals surface area contributed by atoms with Gasteiger partial charge in [-0.05, 0) is 44.6 Å². The van der Waals surface area contributed by atoms with Crippen molar-refractivity contribution in [1.29, 1.82) is 0 Å². The van der Waals surface area contributed by atoms with E-state index in [2.05, 4.69) is 22.3 Å². The molecule has 0 radical (unpaired) electrons. The van der Waals surface area contributed by atoms with Crippen LogP contribution in [-0.4, -0.2) is 21.7 Å². The van der Waals surface area contributed by atoms with Crippen LogP contribution in [0.3, 0.4) is 0 Å². The zero-order valence-corrected chi connectivity index (χ0v) is 12.6. The van der Waals surface area contributed by atoms with Crippen molar-refractivity contribution in [3.05, 3.63) is 18.0 Å². The number of aromatic nitrogens is 2. The van der Waals surface area contributed by atoms with Gasteiger partial charge in [0.1, 0.15) is 0 Å². The number of nitrogens with two attached hydrogens (primary N) is 1. The largest absolute Gasteiger partial charge is 0.369 e. The summed E-state index contributed by atoms with van der Waals surface area (Å²) in [4.78, 5) is 11.2. The van der Waals surface area contributed by atoms with E-state index in [0.717, 1.165) is 37.9 Å². The molecule has 5 nitrogen and oxygen atoms in total. The fraction of sp³-hybridized carbons (Fsp3) is 0.750. The van der Waals surface area contributed by atoms with E-state index < -0.39 is 0 Å². The molecule has 116 valence electrons. The summed E-state index contributed by atoms with van der Waals surface area (Å²) in [7, 11) is 0. The predicted molar refractivity (Wildman–Crippen MR) is 81.5 cm³/mol. The van der Waals surface area contributed by atoms with Crippen LogP contribution in [0.1, 0.15) is 63.1 Å². The van der Waals surface area contributed by atoms with Gasteiger partial charge in [0.2, 0.25) is 5.91 Å². The van der Waals surface area contributed by atoms with Crippen LogP contribution in [0.4, 0.5) is 0 Å².